The molecule has 176 valence electrons. The summed E-state index contributed by atoms with van der Waals surface area (Å²) in [5.74, 6) is 2.01. The quantitative estimate of drug-likeness (QED) is 0.624. The van der Waals surface area contributed by atoms with Gasteiger partial charge in [-0.3, -0.25) is 4.79 Å². The smallest absolute Gasteiger partial charge is 0.225 e. The van der Waals surface area contributed by atoms with Crippen molar-refractivity contribution in [2.45, 2.75) is 89.1 Å². The largest absolute Gasteiger partial charge is 0.347 e. The number of carbonyl (C=O) groups is 1. The molecule has 3 aliphatic rings. The molecule has 32 heavy (non-hydrogen) atoms. The van der Waals surface area contributed by atoms with Gasteiger partial charge in [0.1, 0.15) is 0 Å². The molecule has 2 N–H and O–H groups in total. The van der Waals surface area contributed by atoms with E-state index in [9.17, 15) is 4.79 Å². The Morgan fingerprint density at radius 3 is 2.31 bits per heavy atom. The van der Waals surface area contributed by atoms with Crippen molar-refractivity contribution in [3.63, 3.8) is 0 Å². The molecule has 1 saturated heterocycles. The highest BCUT2D eigenvalue weighted by Crippen LogP contribution is 2.36. The predicted molar refractivity (Wildman–Crippen MR) is 134 cm³/mol. The van der Waals surface area contributed by atoms with Crippen molar-refractivity contribution in [3.05, 3.63) is 36.0 Å². The lowest BCUT2D eigenvalue weighted by molar-refractivity contribution is -0.137. The zero-order valence-corrected chi connectivity index (χ0v) is 20.2. The van der Waals surface area contributed by atoms with E-state index in [1.54, 1.807) is 0 Å². The van der Waals surface area contributed by atoms with E-state index in [4.69, 9.17) is 5.73 Å². The first kappa shape index (κ1) is 23.6. The summed E-state index contributed by atoms with van der Waals surface area (Å²) in [7, 11) is 0. The fraction of sp³-hybridized carbons (Fsp3) is 0.667. The Morgan fingerprint density at radius 2 is 1.59 bits per heavy atom. The molecule has 5 heteroatoms. The summed E-state index contributed by atoms with van der Waals surface area (Å²) in [6, 6.07) is 9.28. The first-order chi connectivity index (χ1) is 15.2. The molecule has 4 nitrogen and oxygen atoms in total. The van der Waals surface area contributed by atoms with E-state index in [-0.39, 0.29) is 18.3 Å². The van der Waals surface area contributed by atoms with Gasteiger partial charge in [-0.25, -0.2) is 0 Å². The summed E-state index contributed by atoms with van der Waals surface area (Å²) in [6.07, 6.45) is 15.6. The zero-order chi connectivity index (χ0) is 21.2. The van der Waals surface area contributed by atoms with Crippen LogP contribution >= 0.6 is 12.4 Å². The zero-order valence-electron chi connectivity index (χ0n) is 19.4. The van der Waals surface area contributed by atoms with Crippen LogP contribution in [0.15, 0.2) is 30.5 Å². The number of aromatic nitrogens is 1. The Balaban J connectivity index is 0.00000245. The summed E-state index contributed by atoms with van der Waals surface area (Å²) in [5.41, 5.74) is 8.96. The highest BCUT2D eigenvalue weighted by molar-refractivity contribution is 5.85. The molecule has 2 saturated carbocycles. The van der Waals surface area contributed by atoms with Gasteiger partial charge in [0.15, 0.2) is 0 Å². The van der Waals surface area contributed by atoms with E-state index in [0.29, 0.717) is 17.9 Å². The number of amides is 1. The number of para-hydroxylation sites is 1. The number of likely N-dealkylation sites (tertiary alicyclic amines) is 1. The Morgan fingerprint density at radius 1 is 0.906 bits per heavy atom. The number of piperidine rings is 1. The number of benzene rings is 1. The second-order valence-electron chi connectivity index (χ2n) is 10.5. The van der Waals surface area contributed by atoms with Crippen LogP contribution < -0.4 is 5.73 Å². The van der Waals surface area contributed by atoms with Crippen molar-refractivity contribution in [2.24, 2.45) is 17.6 Å². The van der Waals surface area contributed by atoms with Crippen LogP contribution in [0.25, 0.3) is 10.9 Å². The summed E-state index contributed by atoms with van der Waals surface area (Å²) in [5, 5.41) is 1.43. The SMILES string of the molecule is Cl.NC1CCC(C(=O)N2CCC(c3cn(CC4CCCCC4)c4ccccc34)CC2)CC1. The van der Waals surface area contributed by atoms with Gasteiger partial charge in [-0.1, -0.05) is 37.5 Å². The van der Waals surface area contributed by atoms with Gasteiger partial charge >= 0.3 is 0 Å². The monoisotopic (exact) mass is 457 g/mol. The van der Waals surface area contributed by atoms with Gasteiger partial charge in [-0.05, 0) is 74.8 Å². The predicted octanol–water partition coefficient (Wildman–Crippen LogP) is 5.87. The van der Waals surface area contributed by atoms with Gasteiger partial charge in [0.2, 0.25) is 5.91 Å². The van der Waals surface area contributed by atoms with Crippen molar-refractivity contribution >= 4 is 29.2 Å². The molecular formula is C27H40ClN3O. The van der Waals surface area contributed by atoms with Gasteiger partial charge in [0.25, 0.3) is 0 Å². The highest BCUT2D eigenvalue weighted by atomic mass is 35.5. The van der Waals surface area contributed by atoms with Gasteiger partial charge in [-0.2, -0.15) is 0 Å². The Hall–Kier alpha value is -1.52. The lowest BCUT2D eigenvalue weighted by Crippen LogP contribution is -2.43. The van der Waals surface area contributed by atoms with E-state index in [1.165, 1.54) is 55.1 Å². The maximum Gasteiger partial charge on any atom is 0.225 e. The minimum absolute atomic E-state index is 0. The average molecular weight is 458 g/mol. The van der Waals surface area contributed by atoms with Crippen molar-refractivity contribution in [2.75, 3.05) is 13.1 Å². The lowest BCUT2D eigenvalue weighted by Gasteiger charge is -2.36. The van der Waals surface area contributed by atoms with Crippen LogP contribution in [-0.4, -0.2) is 34.5 Å². The maximum absolute atomic E-state index is 13.0. The standard InChI is InChI=1S/C27H39N3O.ClH/c28-23-12-10-22(11-13-23)27(31)29-16-14-21(15-17-29)25-19-30(18-20-6-2-1-3-7-20)26-9-5-4-8-24(25)26;/h4-5,8-9,19-23H,1-3,6-7,10-18,28H2;1H. The molecule has 1 aromatic heterocycles. The Labute approximate surface area is 199 Å². The fourth-order valence-electron chi connectivity index (χ4n) is 6.43. The van der Waals surface area contributed by atoms with Crippen LogP contribution in [0.3, 0.4) is 0 Å². The molecule has 1 aliphatic heterocycles. The van der Waals surface area contributed by atoms with Crippen LogP contribution in [-0.2, 0) is 11.3 Å². The van der Waals surface area contributed by atoms with Crippen LogP contribution in [0.1, 0.15) is 82.1 Å². The van der Waals surface area contributed by atoms with Crippen LogP contribution in [0.4, 0.5) is 0 Å². The molecule has 0 atom stereocenters. The normalized spacial score (nSPS) is 25.6. The number of nitrogens with zero attached hydrogens (tertiary/aromatic N) is 2. The maximum atomic E-state index is 13.0. The van der Waals surface area contributed by atoms with Gasteiger partial charge in [0.05, 0.1) is 0 Å². The van der Waals surface area contributed by atoms with Crippen LogP contribution in [0.2, 0.25) is 0 Å². The minimum atomic E-state index is 0. The van der Waals surface area contributed by atoms with E-state index >= 15 is 0 Å². The third-order valence-corrected chi connectivity index (χ3v) is 8.37. The number of nitrogens with two attached hydrogens (primary N) is 1. The van der Waals surface area contributed by atoms with E-state index in [1.807, 2.05) is 0 Å². The molecule has 0 spiro atoms. The number of fused-ring (bicyclic) bond motifs is 1. The van der Waals surface area contributed by atoms with Crippen molar-refractivity contribution < 1.29 is 4.79 Å². The van der Waals surface area contributed by atoms with Crippen LogP contribution in [0, 0.1) is 11.8 Å². The van der Waals surface area contributed by atoms with Crippen molar-refractivity contribution in [1.82, 2.24) is 9.47 Å². The molecule has 2 aromatic rings. The van der Waals surface area contributed by atoms with Gasteiger partial charge in [-0.15, -0.1) is 12.4 Å². The number of carbonyl (C=O) groups excluding carboxylic acids is 1. The number of halogens is 1. The third-order valence-electron chi connectivity index (χ3n) is 8.37. The first-order valence-electron chi connectivity index (χ1n) is 12.8. The van der Waals surface area contributed by atoms with E-state index in [0.717, 1.165) is 57.5 Å². The first-order valence-corrected chi connectivity index (χ1v) is 12.8. The lowest BCUT2D eigenvalue weighted by atomic mass is 9.84. The molecular weight excluding hydrogens is 418 g/mol. The average Bonchev–Trinajstić information content (AvgIpc) is 3.18. The topological polar surface area (TPSA) is 51.3 Å². The summed E-state index contributed by atoms with van der Waals surface area (Å²) >= 11 is 0. The Bertz CT molecular complexity index is 887. The molecule has 0 unspecified atom stereocenters. The second kappa shape index (κ2) is 10.6. The Kier molecular flexibility index (Phi) is 7.83. The number of rotatable bonds is 4. The highest BCUT2D eigenvalue weighted by Gasteiger charge is 2.32. The summed E-state index contributed by atoms with van der Waals surface area (Å²) < 4.78 is 2.55. The summed E-state index contributed by atoms with van der Waals surface area (Å²) in [6.45, 7) is 2.99. The van der Waals surface area contributed by atoms with E-state index < -0.39 is 0 Å². The van der Waals surface area contributed by atoms with Gasteiger partial charge < -0.3 is 15.2 Å². The molecule has 2 aliphatic carbocycles. The second-order valence-corrected chi connectivity index (χ2v) is 10.5. The molecule has 2 heterocycles. The summed E-state index contributed by atoms with van der Waals surface area (Å²) in [4.78, 5) is 15.2. The third kappa shape index (κ3) is 5.02. The molecule has 1 aromatic carbocycles. The number of hydrogen-bond acceptors (Lipinski definition) is 2. The van der Waals surface area contributed by atoms with Crippen LogP contribution in [0.5, 0.6) is 0 Å². The molecule has 5 rings (SSSR count). The van der Waals surface area contributed by atoms with Crippen molar-refractivity contribution in [3.8, 4) is 0 Å². The molecule has 1 amide bonds. The van der Waals surface area contributed by atoms with Crippen molar-refractivity contribution in [1.29, 1.82) is 0 Å². The fourth-order valence-corrected chi connectivity index (χ4v) is 6.43. The molecule has 0 bridgehead atoms. The molecule has 0 radical (unpaired) electrons. The number of hydrogen-bond donors (Lipinski definition) is 1. The van der Waals surface area contributed by atoms with Gasteiger partial charge in [0, 0.05) is 48.7 Å². The molecule has 3 fully saturated rings. The van der Waals surface area contributed by atoms with E-state index in [2.05, 4.69) is 39.9 Å². The minimum Gasteiger partial charge on any atom is -0.347 e.